The minimum Gasteiger partial charge on any atom is -0.393 e. The average molecular weight is 264 g/mol. The van der Waals surface area contributed by atoms with Crippen LogP contribution < -0.4 is 0 Å². The molecule has 1 saturated heterocycles. The lowest BCUT2D eigenvalue weighted by molar-refractivity contribution is -0.159. The van der Waals surface area contributed by atoms with Gasteiger partial charge < -0.3 is 9.84 Å². The molecule has 0 unspecified atom stereocenters. The fourth-order valence-electron chi connectivity index (χ4n) is 4.52. The highest BCUT2D eigenvalue weighted by atomic mass is 16.6. The number of ether oxygens (including phenoxy) is 1. The molecule has 2 fully saturated rings. The lowest BCUT2D eigenvalue weighted by Crippen LogP contribution is -2.54. The largest absolute Gasteiger partial charge is 0.393 e. The molecule has 19 heavy (non-hydrogen) atoms. The molecule has 0 aromatic rings. The Morgan fingerprint density at radius 3 is 2.68 bits per heavy atom. The Labute approximate surface area is 112 Å². The Bertz CT molecular complexity index is 490. The third kappa shape index (κ3) is 1.49. The van der Waals surface area contributed by atoms with Crippen LogP contribution in [0.1, 0.15) is 40.0 Å². The summed E-state index contributed by atoms with van der Waals surface area (Å²) in [6.07, 6.45) is 3.66. The van der Waals surface area contributed by atoms with E-state index in [0.717, 1.165) is 12.8 Å². The summed E-state index contributed by atoms with van der Waals surface area (Å²) in [5, 5.41) is 10.2. The van der Waals surface area contributed by atoms with Gasteiger partial charge in [0.05, 0.1) is 12.0 Å². The minimum absolute atomic E-state index is 0.191. The van der Waals surface area contributed by atoms with Crippen molar-refractivity contribution in [1.29, 1.82) is 0 Å². The molecule has 0 spiro atoms. The summed E-state index contributed by atoms with van der Waals surface area (Å²) in [4.78, 5) is 23.7. The Hall–Kier alpha value is -1.16. The second kappa shape index (κ2) is 3.69. The van der Waals surface area contributed by atoms with E-state index in [4.69, 9.17) is 4.74 Å². The van der Waals surface area contributed by atoms with Crippen LogP contribution in [0, 0.1) is 22.7 Å². The Kier molecular flexibility index (Phi) is 2.50. The van der Waals surface area contributed by atoms with Gasteiger partial charge in [0.15, 0.2) is 0 Å². The molecular formula is C15H20O4. The standard InChI is InChI=1S/C15H20O4/c1-14(2)9-5-4-8-11(13(18)19-12(8)17)15(9,3)7-6-10(14)16/h4,9-11,16H,5-7H2,1-3H3/t9-,10-,11+,15-/m0/s1. The van der Waals surface area contributed by atoms with Crippen LogP contribution in [0.25, 0.3) is 0 Å². The number of hydrogen-bond acceptors (Lipinski definition) is 4. The summed E-state index contributed by atoms with van der Waals surface area (Å²) in [5.74, 6) is -1.13. The lowest BCUT2D eigenvalue weighted by Gasteiger charge is -2.56. The van der Waals surface area contributed by atoms with Crippen molar-refractivity contribution in [1.82, 2.24) is 0 Å². The normalized spacial score (nSPS) is 44.2. The maximum absolute atomic E-state index is 12.0. The second-order valence-corrected chi connectivity index (χ2v) is 6.97. The van der Waals surface area contributed by atoms with Crippen LogP contribution >= 0.6 is 0 Å². The smallest absolute Gasteiger partial charge is 0.342 e. The van der Waals surface area contributed by atoms with Crippen LogP contribution in [0.5, 0.6) is 0 Å². The fraction of sp³-hybridized carbons (Fsp3) is 0.733. The van der Waals surface area contributed by atoms with Gasteiger partial charge in [0.1, 0.15) is 0 Å². The van der Waals surface area contributed by atoms with E-state index in [2.05, 4.69) is 20.8 Å². The van der Waals surface area contributed by atoms with Gasteiger partial charge in [-0.25, -0.2) is 4.79 Å². The molecule has 3 aliphatic rings. The average Bonchev–Trinajstić information content (AvgIpc) is 2.61. The van der Waals surface area contributed by atoms with Crippen molar-refractivity contribution in [3.63, 3.8) is 0 Å². The van der Waals surface area contributed by atoms with E-state index in [1.807, 2.05) is 6.08 Å². The van der Waals surface area contributed by atoms with Gasteiger partial charge in [-0.3, -0.25) is 4.79 Å². The highest BCUT2D eigenvalue weighted by Gasteiger charge is 2.61. The van der Waals surface area contributed by atoms with E-state index in [1.54, 1.807) is 0 Å². The summed E-state index contributed by atoms with van der Waals surface area (Å²) in [5.41, 5.74) is 0.00716. The second-order valence-electron chi connectivity index (χ2n) is 6.97. The zero-order valence-corrected chi connectivity index (χ0v) is 11.6. The van der Waals surface area contributed by atoms with E-state index in [-0.39, 0.29) is 22.9 Å². The third-order valence-corrected chi connectivity index (χ3v) is 5.72. The fourth-order valence-corrected chi connectivity index (χ4v) is 4.52. The zero-order chi connectivity index (χ0) is 14.0. The van der Waals surface area contributed by atoms with E-state index in [0.29, 0.717) is 12.0 Å². The molecule has 2 aliphatic carbocycles. The highest BCUT2D eigenvalue weighted by molar-refractivity contribution is 6.08. The number of hydrogen-bond donors (Lipinski definition) is 1. The molecule has 0 radical (unpaired) electrons. The first kappa shape index (κ1) is 12.9. The van der Waals surface area contributed by atoms with E-state index < -0.39 is 17.9 Å². The molecule has 0 aromatic heterocycles. The summed E-state index contributed by atoms with van der Waals surface area (Å²) < 4.78 is 4.81. The number of cyclic esters (lactones) is 2. The molecule has 4 atom stereocenters. The number of carbonyl (C=O) groups excluding carboxylic acids is 2. The van der Waals surface area contributed by atoms with Crippen molar-refractivity contribution in [2.75, 3.05) is 0 Å². The van der Waals surface area contributed by atoms with E-state index >= 15 is 0 Å². The molecule has 4 heteroatoms. The van der Waals surface area contributed by atoms with Crippen LogP contribution in [0.4, 0.5) is 0 Å². The van der Waals surface area contributed by atoms with Crippen molar-refractivity contribution in [3.05, 3.63) is 11.6 Å². The molecule has 1 N–H and O–H groups in total. The quantitative estimate of drug-likeness (QED) is 0.535. The van der Waals surface area contributed by atoms with E-state index in [1.165, 1.54) is 0 Å². The molecule has 0 bridgehead atoms. The zero-order valence-electron chi connectivity index (χ0n) is 11.6. The number of esters is 2. The molecule has 0 amide bonds. The molecule has 1 heterocycles. The molecule has 1 aliphatic heterocycles. The van der Waals surface area contributed by atoms with Crippen LogP contribution in [0.3, 0.4) is 0 Å². The summed E-state index contributed by atoms with van der Waals surface area (Å²) in [7, 11) is 0. The number of carbonyl (C=O) groups is 2. The first-order chi connectivity index (χ1) is 8.78. The van der Waals surface area contributed by atoms with Gasteiger partial charge in [-0.05, 0) is 36.0 Å². The lowest BCUT2D eigenvalue weighted by atomic mass is 9.48. The van der Waals surface area contributed by atoms with Gasteiger partial charge in [0.2, 0.25) is 0 Å². The Morgan fingerprint density at radius 2 is 2.00 bits per heavy atom. The SMILES string of the molecule is CC1(C)[C@@H](O)CC[C@]2(C)[C@H]3C(=O)OC(=O)C3=CC[C@@H]12. The van der Waals surface area contributed by atoms with Crippen molar-refractivity contribution in [2.24, 2.45) is 22.7 Å². The Morgan fingerprint density at radius 1 is 1.32 bits per heavy atom. The number of aliphatic hydroxyl groups is 1. The van der Waals surface area contributed by atoms with Crippen LogP contribution in [0.2, 0.25) is 0 Å². The molecule has 104 valence electrons. The number of allylic oxidation sites excluding steroid dienone is 1. The first-order valence-corrected chi connectivity index (χ1v) is 6.92. The van der Waals surface area contributed by atoms with Crippen molar-refractivity contribution >= 4 is 11.9 Å². The van der Waals surface area contributed by atoms with Crippen molar-refractivity contribution in [3.8, 4) is 0 Å². The van der Waals surface area contributed by atoms with Gasteiger partial charge in [-0.1, -0.05) is 26.8 Å². The first-order valence-electron chi connectivity index (χ1n) is 6.92. The maximum Gasteiger partial charge on any atom is 0.342 e. The number of rotatable bonds is 0. The van der Waals surface area contributed by atoms with Crippen molar-refractivity contribution < 1.29 is 19.4 Å². The summed E-state index contributed by atoms with van der Waals surface area (Å²) in [6.45, 7) is 6.18. The third-order valence-electron chi connectivity index (χ3n) is 5.72. The molecular weight excluding hydrogens is 244 g/mol. The van der Waals surface area contributed by atoms with Crippen LogP contribution in [-0.2, 0) is 14.3 Å². The topological polar surface area (TPSA) is 63.6 Å². The molecule has 1 saturated carbocycles. The van der Waals surface area contributed by atoms with Crippen LogP contribution in [0.15, 0.2) is 11.6 Å². The summed E-state index contributed by atoms with van der Waals surface area (Å²) >= 11 is 0. The highest BCUT2D eigenvalue weighted by Crippen LogP contribution is 2.61. The van der Waals surface area contributed by atoms with Gasteiger partial charge in [-0.2, -0.15) is 0 Å². The van der Waals surface area contributed by atoms with Gasteiger partial charge in [0, 0.05) is 5.57 Å². The monoisotopic (exact) mass is 264 g/mol. The van der Waals surface area contributed by atoms with Gasteiger partial charge >= 0.3 is 11.9 Å². The van der Waals surface area contributed by atoms with Gasteiger partial charge in [0.25, 0.3) is 0 Å². The molecule has 3 rings (SSSR count). The molecule has 4 nitrogen and oxygen atoms in total. The predicted octanol–water partition coefficient (Wildman–Crippen LogP) is 1.82. The maximum atomic E-state index is 12.0. The number of fused-ring (bicyclic) bond motifs is 3. The number of aliphatic hydroxyl groups excluding tert-OH is 1. The summed E-state index contributed by atoms with van der Waals surface area (Å²) in [6, 6.07) is 0. The predicted molar refractivity (Wildman–Crippen MR) is 67.9 cm³/mol. The Balaban J connectivity index is 2.09. The van der Waals surface area contributed by atoms with Crippen LogP contribution in [-0.4, -0.2) is 23.1 Å². The van der Waals surface area contributed by atoms with Crippen molar-refractivity contribution in [2.45, 2.75) is 46.1 Å². The molecule has 0 aromatic carbocycles. The van der Waals surface area contributed by atoms with E-state index in [9.17, 15) is 14.7 Å². The van der Waals surface area contributed by atoms with Gasteiger partial charge in [-0.15, -0.1) is 0 Å². The minimum atomic E-state index is -0.474.